The Bertz CT molecular complexity index is 619. The summed E-state index contributed by atoms with van der Waals surface area (Å²) in [6, 6.07) is 4.08. The fraction of sp³-hybridized carbons (Fsp3) is 0.556. The molecular formula is C18H24FNO4. The Labute approximate surface area is 141 Å². The second-order valence-corrected chi connectivity index (χ2v) is 6.11. The summed E-state index contributed by atoms with van der Waals surface area (Å²) in [5.41, 5.74) is -0.828. The molecular weight excluding hydrogens is 313 g/mol. The van der Waals surface area contributed by atoms with Gasteiger partial charge in [-0.3, -0.25) is 4.79 Å². The van der Waals surface area contributed by atoms with Crippen LogP contribution in [0.4, 0.5) is 4.39 Å². The van der Waals surface area contributed by atoms with Gasteiger partial charge in [0.2, 0.25) is 0 Å². The topological polar surface area (TPSA) is 55.8 Å². The Hall–Kier alpha value is -2.11. The smallest absolute Gasteiger partial charge is 0.331 e. The molecule has 1 aliphatic heterocycles. The summed E-state index contributed by atoms with van der Waals surface area (Å²) < 4.78 is 24.0. The Morgan fingerprint density at radius 3 is 2.67 bits per heavy atom. The van der Waals surface area contributed by atoms with E-state index < -0.39 is 17.3 Å². The standard InChI is InChI=1S/C18H24FNO4/c1-4-24-17(22)18(2)10-6-5-7-11-20(18)16(21)13-8-9-15(23-3)14(19)12-13/h8-9,12H,4-7,10-11H2,1-3H3. The quantitative estimate of drug-likeness (QED) is 0.792. The van der Waals surface area contributed by atoms with Gasteiger partial charge in [0.15, 0.2) is 11.6 Å². The number of ether oxygens (including phenoxy) is 2. The van der Waals surface area contributed by atoms with E-state index in [1.165, 1.54) is 24.1 Å². The van der Waals surface area contributed by atoms with Gasteiger partial charge >= 0.3 is 5.97 Å². The van der Waals surface area contributed by atoms with Gasteiger partial charge in [0.1, 0.15) is 5.54 Å². The number of nitrogens with zero attached hydrogens (tertiary/aromatic N) is 1. The molecule has 1 amide bonds. The van der Waals surface area contributed by atoms with Crippen LogP contribution in [0.5, 0.6) is 5.75 Å². The number of esters is 1. The lowest BCUT2D eigenvalue weighted by Crippen LogP contribution is -2.55. The van der Waals surface area contributed by atoms with Crippen molar-refractivity contribution in [1.82, 2.24) is 4.90 Å². The first kappa shape index (κ1) is 18.2. The van der Waals surface area contributed by atoms with Crippen LogP contribution < -0.4 is 4.74 Å². The normalized spacial score (nSPS) is 21.1. The summed E-state index contributed by atoms with van der Waals surface area (Å²) in [6.07, 6.45) is 3.13. The van der Waals surface area contributed by atoms with Gasteiger partial charge in [-0.1, -0.05) is 12.8 Å². The molecule has 1 saturated heterocycles. The lowest BCUT2D eigenvalue weighted by Gasteiger charge is -2.38. The summed E-state index contributed by atoms with van der Waals surface area (Å²) >= 11 is 0. The molecule has 1 aliphatic rings. The number of hydrogen-bond donors (Lipinski definition) is 0. The zero-order chi connectivity index (χ0) is 17.7. The molecule has 24 heavy (non-hydrogen) atoms. The Morgan fingerprint density at radius 1 is 1.29 bits per heavy atom. The van der Waals surface area contributed by atoms with Gasteiger partial charge in [-0.25, -0.2) is 9.18 Å². The number of amides is 1. The number of likely N-dealkylation sites (tertiary alicyclic amines) is 1. The maximum Gasteiger partial charge on any atom is 0.331 e. The van der Waals surface area contributed by atoms with E-state index >= 15 is 0 Å². The van der Waals surface area contributed by atoms with E-state index in [0.29, 0.717) is 13.0 Å². The van der Waals surface area contributed by atoms with Crippen molar-refractivity contribution in [2.24, 2.45) is 0 Å². The largest absolute Gasteiger partial charge is 0.494 e. The summed E-state index contributed by atoms with van der Waals surface area (Å²) in [5.74, 6) is -1.30. The maximum absolute atomic E-state index is 13.9. The van der Waals surface area contributed by atoms with E-state index in [2.05, 4.69) is 0 Å². The van der Waals surface area contributed by atoms with Crippen LogP contribution in [-0.4, -0.2) is 42.6 Å². The van der Waals surface area contributed by atoms with E-state index in [0.717, 1.165) is 25.3 Å². The number of benzene rings is 1. The second kappa shape index (κ2) is 7.64. The maximum atomic E-state index is 13.9. The number of halogens is 1. The zero-order valence-corrected chi connectivity index (χ0v) is 14.4. The van der Waals surface area contributed by atoms with Crippen molar-refractivity contribution in [2.75, 3.05) is 20.3 Å². The van der Waals surface area contributed by atoms with Gasteiger partial charge in [0.25, 0.3) is 5.91 Å². The van der Waals surface area contributed by atoms with E-state index in [4.69, 9.17) is 9.47 Å². The van der Waals surface area contributed by atoms with Crippen molar-refractivity contribution in [3.8, 4) is 5.75 Å². The number of hydrogen-bond acceptors (Lipinski definition) is 4. The highest BCUT2D eigenvalue weighted by Crippen LogP contribution is 2.30. The van der Waals surface area contributed by atoms with Crippen molar-refractivity contribution in [3.05, 3.63) is 29.6 Å². The Kier molecular flexibility index (Phi) is 5.80. The minimum Gasteiger partial charge on any atom is -0.494 e. The highest BCUT2D eigenvalue weighted by atomic mass is 19.1. The van der Waals surface area contributed by atoms with E-state index in [1.807, 2.05) is 0 Å². The third-order valence-corrected chi connectivity index (χ3v) is 4.50. The molecule has 2 rings (SSSR count). The molecule has 6 heteroatoms. The summed E-state index contributed by atoms with van der Waals surface area (Å²) in [4.78, 5) is 26.9. The lowest BCUT2D eigenvalue weighted by molar-refractivity contribution is -0.155. The van der Waals surface area contributed by atoms with Crippen molar-refractivity contribution < 1.29 is 23.5 Å². The van der Waals surface area contributed by atoms with Gasteiger partial charge in [-0.15, -0.1) is 0 Å². The predicted octanol–water partition coefficient (Wildman–Crippen LogP) is 3.17. The molecule has 0 radical (unpaired) electrons. The average molecular weight is 337 g/mol. The predicted molar refractivity (Wildman–Crippen MR) is 87.5 cm³/mol. The first-order valence-corrected chi connectivity index (χ1v) is 8.26. The molecule has 0 saturated carbocycles. The van der Waals surface area contributed by atoms with Crippen molar-refractivity contribution >= 4 is 11.9 Å². The van der Waals surface area contributed by atoms with Gasteiger partial charge in [0.05, 0.1) is 13.7 Å². The summed E-state index contributed by atoms with van der Waals surface area (Å²) in [5, 5.41) is 0. The van der Waals surface area contributed by atoms with E-state index in [1.54, 1.807) is 13.8 Å². The van der Waals surface area contributed by atoms with Gasteiger partial charge in [0, 0.05) is 12.1 Å². The molecule has 0 N–H and O–H groups in total. The van der Waals surface area contributed by atoms with Gasteiger partial charge in [-0.05, 0) is 44.9 Å². The number of carbonyl (C=O) groups excluding carboxylic acids is 2. The summed E-state index contributed by atoms with van der Waals surface area (Å²) in [7, 11) is 1.37. The number of rotatable bonds is 4. The molecule has 132 valence electrons. The SMILES string of the molecule is CCOC(=O)C1(C)CCCCCN1C(=O)c1ccc(OC)c(F)c1. The Balaban J connectivity index is 2.35. The van der Waals surface area contributed by atoms with Crippen LogP contribution in [0.25, 0.3) is 0 Å². The monoisotopic (exact) mass is 337 g/mol. The second-order valence-electron chi connectivity index (χ2n) is 6.11. The van der Waals surface area contributed by atoms with E-state index in [9.17, 15) is 14.0 Å². The number of carbonyl (C=O) groups is 2. The van der Waals surface area contributed by atoms with Crippen molar-refractivity contribution in [3.63, 3.8) is 0 Å². The molecule has 0 spiro atoms. The molecule has 1 aromatic rings. The Morgan fingerprint density at radius 2 is 2.04 bits per heavy atom. The van der Waals surface area contributed by atoms with Crippen LogP contribution in [0, 0.1) is 5.82 Å². The molecule has 1 unspecified atom stereocenters. The average Bonchev–Trinajstić information content (AvgIpc) is 2.77. The minimum absolute atomic E-state index is 0.0792. The highest BCUT2D eigenvalue weighted by molar-refractivity contribution is 5.98. The molecule has 5 nitrogen and oxygen atoms in total. The third-order valence-electron chi connectivity index (χ3n) is 4.50. The molecule has 1 heterocycles. The first-order valence-electron chi connectivity index (χ1n) is 8.26. The molecule has 1 fully saturated rings. The van der Waals surface area contributed by atoms with Crippen molar-refractivity contribution in [1.29, 1.82) is 0 Å². The fourth-order valence-electron chi connectivity index (χ4n) is 3.08. The van der Waals surface area contributed by atoms with Crippen LogP contribution in [0.1, 0.15) is 49.9 Å². The van der Waals surface area contributed by atoms with Crippen LogP contribution in [0.15, 0.2) is 18.2 Å². The van der Waals surface area contributed by atoms with Crippen LogP contribution in [-0.2, 0) is 9.53 Å². The minimum atomic E-state index is -1.03. The molecule has 0 aromatic heterocycles. The van der Waals surface area contributed by atoms with Gasteiger partial charge < -0.3 is 14.4 Å². The first-order chi connectivity index (χ1) is 11.4. The van der Waals surface area contributed by atoms with Crippen LogP contribution in [0.3, 0.4) is 0 Å². The van der Waals surface area contributed by atoms with Crippen molar-refractivity contribution in [2.45, 2.75) is 45.1 Å². The molecule has 0 aliphatic carbocycles. The van der Waals surface area contributed by atoms with Gasteiger partial charge in [-0.2, -0.15) is 0 Å². The highest BCUT2D eigenvalue weighted by Gasteiger charge is 2.44. The summed E-state index contributed by atoms with van der Waals surface area (Å²) in [6.45, 7) is 4.17. The molecule has 1 atom stereocenters. The third kappa shape index (κ3) is 3.52. The molecule has 1 aromatic carbocycles. The zero-order valence-electron chi connectivity index (χ0n) is 14.4. The van der Waals surface area contributed by atoms with Crippen LogP contribution >= 0.6 is 0 Å². The molecule has 0 bridgehead atoms. The number of methoxy groups -OCH3 is 1. The van der Waals surface area contributed by atoms with Crippen LogP contribution in [0.2, 0.25) is 0 Å². The lowest BCUT2D eigenvalue weighted by atomic mass is 9.93. The van der Waals surface area contributed by atoms with E-state index in [-0.39, 0.29) is 23.8 Å². The fourth-order valence-corrected chi connectivity index (χ4v) is 3.08.